The third kappa shape index (κ3) is 3.41. The Morgan fingerprint density at radius 3 is 1.52 bits per heavy atom. The van der Waals surface area contributed by atoms with Crippen molar-refractivity contribution >= 4 is 16.1 Å². The van der Waals surface area contributed by atoms with E-state index in [0.717, 1.165) is 17.3 Å². The van der Waals surface area contributed by atoms with Gasteiger partial charge in [0.15, 0.2) is 0 Å². The SMILES string of the molecule is C[Si]1([C]2([Zr+2][C]3([Si]4(C)CCC4)CCC4CC=CC=C43)CCC3CC=CC=C32)CCC1.[Cl-].[Cl-]. The van der Waals surface area contributed by atoms with Gasteiger partial charge in [-0.15, -0.1) is 0 Å². The number of rotatable bonds is 4. The van der Waals surface area contributed by atoms with Crippen LogP contribution in [0.25, 0.3) is 0 Å². The van der Waals surface area contributed by atoms with Gasteiger partial charge in [0.1, 0.15) is 0 Å². The first-order valence-electron chi connectivity index (χ1n) is 12.6. The second kappa shape index (κ2) is 8.82. The molecule has 0 aromatic rings. The van der Waals surface area contributed by atoms with Crippen LogP contribution >= 0.6 is 0 Å². The van der Waals surface area contributed by atoms with E-state index in [9.17, 15) is 0 Å². The number of allylic oxidation sites excluding steroid dienone is 8. The van der Waals surface area contributed by atoms with Crippen LogP contribution in [0, 0.1) is 11.8 Å². The predicted molar refractivity (Wildman–Crippen MR) is 126 cm³/mol. The fourth-order valence-corrected chi connectivity index (χ4v) is 33.7. The number of hydrogen-bond donors (Lipinski definition) is 0. The molecule has 31 heavy (non-hydrogen) atoms. The van der Waals surface area contributed by atoms with Crippen molar-refractivity contribution in [2.24, 2.45) is 11.8 Å². The topological polar surface area (TPSA) is 0 Å². The first kappa shape index (κ1) is 25.0. The van der Waals surface area contributed by atoms with E-state index >= 15 is 0 Å². The number of hydrogen-bond acceptors (Lipinski definition) is 0. The van der Waals surface area contributed by atoms with E-state index in [4.69, 9.17) is 0 Å². The summed E-state index contributed by atoms with van der Waals surface area (Å²) in [4.78, 5) is 0. The Hall–Kier alpha value is 0.857. The minimum absolute atomic E-state index is 0. The van der Waals surface area contributed by atoms with Gasteiger partial charge in [0.2, 0.25) is 0 Å². The van der Waals surface area contributed by atoms with E-state index in [2.05, 4.69) is 49.6 Å². The number of halogens is 2. The summed E-state index contributed by atoms with van der Waals surface area (Å²) in [5.74, 6) is 1.88. The summed E-state index contributed by atoms with van der Waals surface area (Å²) in [5, 5.41) is 0. The molecule has 0 N–H and O–H groups in total. The van der Waals surface area contributed by atoms with Gasteiger partial charge in [-0.25, -0.2) is 0 Å². The molecular formula is C26H38Cl2Si2Zr. The van der Waals surface area contributed by atoms with Gasteiger partial charge in [0.05, 0.1) is 0 Å². The molecule has 4 aliphatic carbocycles. The summed E-state index contributed by atoms with van der Waals surface area (Å²) in [7, 11) is -2.22. The molecule has 0 aromatic carbocycles. The van der Waals surface area contributed by atoms with Gasteiger partial charge in [-0.3, -0.25) is 0 Å². The van der Waals surface area contributed by atoms with Crippen LogP contribution < -0.4 is 24.8 Å². The molecule has 5 heteroatoms. The molecule has 2 saturated heterocycles. The second-order valence-electron chi connectivity index (χ2n) is 11.8. The zero-order valence-electron chi connectivity index (χ0n) is 19.4. The normalized spacial score (nSPS) is 40.6. The molecule has 0 radical (unpaired) electrons. The number of fused-ring (bicyclic) bond motifs is 2. The molecule has 6 rings (SSSR count). The minimum atomic E-state index is -1.11. The van der Waals surface area contributed by atoms with Crippen LogP contribution in [0.15, 0.2) is 47.6 Å². The first-order chi connectivity index (χ1) is 14.0. The van der Waals surface area contributed by atoms with Crippen molar-refractivity contribution in [2.75, 3.05) is 0 Å². The van der Waals surface area contributed by atoms with E-state index in [1.54, 1.807) is 49.9 Å². The zero-order chi connectivity index (χ0) is 19.7. The molecule has 6 aliphatic rings. The summed E-state index contributed by atoms with van der Waals surface area (Å²) < 4.78 is 1.62. The van der Waals surface area contributed by atoms with Gasteiger partial charge in [-0.1, -0.05) is 0 Å². The van der Waals surface area contributed by atoms with Crippen molar-refractivity contribution in [3.8, 4) is 0 Å². The van der Waals surface area contributed by atoms with E-state index in [1.165, 1.54) is 25.7 Å². The van der Waals surface area contributed by atoms with Gasteiger partial charge in [-0.05, 0) is 0 Å². The molecule has 4 atom stereocenters. The Bertz CT molecular complexity index is 770. The predicted octanol–water partition coefficient (Wildman–Crippen LogP) is 2.03. The molecule has 0 amide bonds. The standard InChI is InChI=1S/2C13H19Si.2ClH.Zr/c2*1-14(9-4-10-14)13-8-7-11-5-2-3-6-12(11)13;;;/h2*2-3,6,11H,4-5,7-10H2,1H3;2*1H;/q;;;;+2/p-2. The van der Waals surface area contributed by atoms with Crippen LogP contribution in [0.1, 0.15) is 51.4 Å². The molecule has 2 aliphatic heterocycles. The van der Waals surface area contributed by atoms with Crippen LogP contribution in [-0.2, 0) is 23.2 Å². The molecule has 0 bridgehead atoms. The molecule has 2 heterocycles. The smallest absolute Gasteiger partial charge is 1.00 e. The van der Waals surface area contributed by atoms with Gasteiger partial charge in [-0.2, -0.15) is 0 Å². The monoisotopic (exact) mass is 566 g/mol. The van der Waals surface area contributed by atoms with E-state index in [0.29, 0.717) is 0 Å². The van der Waals surface area contributed by atoms with E-state index in [1.807, 2.05) is 11.1 Å². The Kier molecular flexibility index (Phi) is 7.10. The molecule has 168 valence electrons. The van der Waals surface area contributed by atoms with Crippen LogP contribution in [0.4, 0.5) is 0 Å². The maximum atomic E-state index is 2.89. The van der Waals surface area contributed by atoms with Crippen molar-refractivity contribution < 1.29 is 48.0 Å². The molecule has 0 aromatic heterocycles. The summed E-state index contributed by atoms with van der Waals surface area (Å²) in [6, 6.07) is 6.66. The fraction of sp³-hybridized carbons (Fsp3) is 0.692. The van der Waals surface area contributed by atoms with Gasteiger partial charge < -0.3 is 24.8 Å². The van der Waals surface area contributed by atoms with Gasteiger partial charge >= 0.3 is 193 Å². The zero-order valence-corrected chi connectivity index (χ0v) is 25.3. The molecule has 4 fully saturated rings. The molecule has 2 saturated carbocycles. The summed E-state index contributed by atoms with van der Waals surface area (Å²) in [6.07, 6.45) is 27.5. The van der Waals surface area contributed by atoms with Gasteiger partial charge in [0.25, 0.3) is 0 Å². The molecular weight excluding hydrogens is 531 g/mol. The Balaban J connectivity index is 0.00000116. The molecule has 0 spiro atoms. The first-order valence-corrected chi connectivity index (χ1v) is 20.8. The second-order valence-corrected chi connectivity index (χ2v) is 29.0. The molecule has 4 unspecified atom stereocenters. The van der Waals surface area contributed by atoms with E-state index < -0.39 is 39.4 Å². The average molecular weight is 569 g/mol. The summed E-state index contributed by atoms with van der Waals surface area (Å²) in [6.45, 7) is 5.78. The third-order valence-corrected chi connectivity index (χ3v) is 36.8. The largest absolute Gasteiger partial charge is 1.00 e. The van der Waals surface area contributed by atoms with Crippen LogP contribution in [0.3, 0.4) is 0 Å². The van der Waals surface area contributed by atoms with Crippen LogP contribution in [0.2, 0.25) is 42.8 Å². The molecule has 0 nitrogen and oxygen atoms in total. The third-order valence-electron chi connectivity index (χ3n) is 10.7. The van der Waals surface area contributed by atoms with Crippen molar-refractivity contribution in [3.63, 3.8) is 0 Å². The van der Waals surface area contributed by atoms with Crippen molar-refractivity contribution in [3.05, 3.63) is 47.6 Å². The average Bonchev–Trinajstić information content (AvgIpc) is 3.26. The summed E-state index contributed by atoms with van der Waals surface area (Å²) >= 11 is -0.589. The summed E-state index contributed by atoms with van der Waals surface area (Å²) in [5.41, 5.74) is 4.10. The van der Waals surface area contributed by atoms with Gasteiger partial charge in [0, 0.05) is 0 Å². The fourth-order valence-electron chi connectivity index (χ4n) is 8.46. The minimum Gasteiger partial charge on any atom is -1.00 e. The van der Waals surface area contributed by atoms with Crippen molar-refractivity contribution in [2.45, 2.75) is 94.1 Å². The maximum absolute atomic E-state index is 2.89. The Morgan fingerprint density at radius 1 is 0.742 bits per heavy atom. The van der Waals surface area contributed by atoms with Crippen LogP contribution in [-0.4, -0.2) is 16.1 Å². The maximum Gasteiger partial charge on any atom is -1.00 e. The van der Waals surface area contributed by atoms with Crippen LogP contribution in [0.5, 0.6) is 0 Å². The van der Waals surface area contributed by atoms with Crippen molar-refractivity contribution in [1.82, 2.24) is 0 Å². The quantitative estimate of drug-likeness (QED) is 0.456. The van der Waals surface area contributed by atoms with E-state index in [-0.39, 0.29) is 24.8 Å². The Labute approximate surface area is 216 Å². The Morgan fingerprint density at radius 2 is 1.16 bits per heavy atom. The van der Waals surface area contributed by atoms with Crippen molar-refractivity contribution in [1.29, 1.82) is 0 Å².